The maximum absolute atomic E-state index is 10.5. The van der Waals surface area contributed by atoms with Crippen LogP contribution in [-0.2, 0) is 6.54 Å². The topological polar surface area (TPSA) is 78.3 Å². The van der Waals surface area contributed by atoms with E-state index in [1.165, 1.54) is 11.3 Å². The summed E-state index contributed by atoms with van der Waals surface area (Å²) in [6, 6.07) is 0. The van der Waals surface area contributed by atoms with Crippen molar-refractivity contribution >= 4 is 29.8 Å². The maximum Gasteiger partial charge on any atom is 0.410 e. The lowest BCUT2D eigenvalue weighted by Gasteiger charge is -1.97. The summed E-state index contributed by atoms with van der Waals surface area (Å²) in [7, 11) is 0. The van der Waals surface area contributed by atoms with Gasteiger partial charge in [0.15, 0.2) is 5.06 Å². The zero-order chi connectivity index (χ0) is 10.0. The van der Waals surface area contributed by atoms with Gasteiger partial charge < -0.3 is 16.2 Å². The monoisotopic (exact) mass is 236 g/mol. The first-order chi connectivity index (χ1) is 6.06. The summed E-state index contributed by atoms with van der Waals surface area (Å²) in [5, 5.41) is 0.547. The third-order valence-electron chi connectivity index (χ3n) is 1.88. The van der Waals surface area contributed by atoms with Gasteiger partial charge in [0.1, 0.15) is 0 Å². The fraction of sp³-hybridized carbons (Fsp3) is 0.375. The second kappa shape index (κ2) is 5.19. The molecule has 0 spiro atoms. The summed E-state index contributed by atoms with van der Waals surface area (Å²) in [6.45, 7) is 4.28. The summed E-state index contributed by atoms with van der Waals surface area (Å²) in [5.41, 5.74) is 12.4. The van der Waals surface area contributed by atoms with Crippen molar-refractivity contribution < 1.29 is 9.53 Å². The van der Waals surface area contributed by atoms with E-state index in [1.54, 1.807) is 0 Å². The number of ether oxygens (including phenoxy) is 1. The molecule has 4 N–H and O–H groups in total. The molecule has 4 nitrogen and oxygen atoms in total. The molecule has 0 aliphatic carbocycles. The summed E-state index contributed by atoms with van der Waals surface area (Å²) in [5.74, 6) is 0. The number of nitrogens with two attached hydrogens (primary N) is 2. The van der Waals surface area contributed by atoms with E-state index in [9.17, 15) is 4.79 Å². The molecule has 0 saturated carbocycles. The van der Waals surface area contributed by atoms with Crippen molar-refractivity contribution in [3.05, 3.63) is 16.0 Å². The first kappa shape index (κ1) is 13.2. The Bertz CT molecular complexity index is 338. The number of hydrogen-bond acceptors (Lipinski definition) is 4. The van der Waals surface area contributed by atoms with E-state index in [0.29, 0.717) is 11.6 Å². The van der Waals surface area contributed by atoms with Crippen LogP contribution in [0, 0.1) is 13.8 Å². The SMILES string of the molecule is Cc1c(CN)sc(OC(N)=O)c1C.Cl. The molecule has 14 heavy (non-hydrogen) atoms. The quantitative estimate of drug-likeness (QED) is 0.821. The van der Waals surface area contributed by atoms with Gasteiger partial charge in [-0.2, -0.15) is 0 Å². The summed E-state index contributed by atoms with van der Waals surface area (Å²) in [6.07, 6.45) is -0.784. The number of primary amides is 1. The Balaban J connectivity index is 0.00000169. The molecule has 0 atom stereocenters. The number of rotatable bonds is 2. The van der Waals surface area contributed by atoms with E-state index in [2.05, 4.69) is 0 Å². The maximum atomic E-state index is 10.5. The highest BCUT2D eigenvalue weighted by atomic mass is 35.5. The highest BCUT2D eigenvalue weighted by molar-refractivity contribution is 7.14. The van der Waals surface area contributed by atoms with Crippen LogP contribution in [0.3, 0.4) is 0 Å². The van der Waals surface area contributed by atoms with Crippen LogP contribution in [0.25, 0.3) is 0 Å². The molecule has 0 unspecified atom stereocenters. The van der Waals surface area contributed by atoms with Gasteiger partial charge in [-0.1, -0.05) is 0 Å². The van der Waals surface area contributed by atoms with Crippen LogP contribution in [-0.4, -0.2) is 6.09 Å². The number of halogens is 1. The van der Waals surface area contributed by atoms with Crippen molar-refractivity contribution in [2.75, 3.05) is 0 Å². The van der Waals surface area contributed by atoms with Gasteiger partial charge in [0.25, 0.3) is 0 Å². The third kappa shape index (κ3) is 2.60. The van der Waals surface area contributed by atoms with Gasteiger partial charge in [-0.3, -0.25) is 0 Å². The molecule has 1 amide bonds. The minimum Gasteiger partial charge on any atom is -0.399 e. The molecule has 1 heterocycles. The Labute approximate surface area is 92.6 Å². The molecule has 0 radical (unpaired) electrons. The van der Waals surface area contributed by atoms with Crippen molar-refractivity contribution in [3.8, 4) is 5.06 Å². The van der Waals surface area contributed by atoms with Gasteiger partial charge in [0.05, 0.1) is 0 Å². The van der Waals surface area contributed by atoms with Crippen molar-refractivity contribution in [2.24, 2.45) is 11.5 Å². The second-order valence-electron chi connectivity index (χ2n) is 2.69. The Morgan fingerprint density at radius 3 is 2.36 bits per heavy atom. The number of carbonyl (C=O) groups is 1. The first-order valence-electron chi connectivity index (χ1n) is 3.82. The van der Waals surface area contributed by atoms with Crippen LogP contribution < -0.4 is 16.2 Å². The van der Waals surface area contributed by atoms with E-state index >= 15 is 0 Å². The average Bonchev–Trinajstić information content (AvgIpc) is 2.32. The molecular weight excluding hydrogens is 224 g/mol. The lowest BCUT2D eigenvalue weighted by molar-refractivity contribution is 0.212. The molecule has 0 bridgehead atoms. The molecular formula is C8H13ClN2O2S. The normalized spacial score (nSPS) is 9.36. The molecule has 6 heteroatoms. The number of hydrogen-bond donors (Lipinski definition) is 2. The Morgan fingerprint density at radius 1 is 1.43 bits per heavy atom. The van der Waals surface area contributed by atoms with Gasteiger partial charge in [0, 0.05) is 17.0 Å². The van der Waals surface area contributed by atoms with Crippen molar-refractivity contribution in [1.29, 1.82) is 0 Å². The fourth-order valence-corrected chi connectivity index (χ4v) is 2.05. The molecule has 1 aromatic heterocycles. The van der Waals surface area contributed by atoms with Crippen LogP contribution in [0.1, 0.15) is 16.0 Å². The van der Waals surface area contributed by atoms with E-state index in [-0.39, 0.29) is 12.4 Å². The predicted molar refractivity (Wildman–Crippen MR) is 59.1 cm³/mol. The highest BCUT2D eigenvalue weighted by Gasteiger charge is 2.12. The Hall–Kier alpha value is -0.780. The molecule has 0 aromatic carbocycles. The second-order valence-corrected chi connectivity index (χ2v) is 3.76. The summed E-state index contributed by atoms with van der Waals surface area (Å²) >= 11 is 1.37. The zero-order valence-corrected chi connectivity index (χ0v) is 9.63. The van der Waals surface area contributed by atoms with Gasteiger partial charge in [-0.25, -0.2) is 4.79 Å². The van der Waals surface area contributed by atoms with E-state index in [4.69, 9.17) is 16.2 Å². The van der Waals surface area contributed by atoms with E-state index < -0.39 is 6.09 Å². The zero-order valence-electron chi connectivity index (χ0n) is 7.99. The lowest BCUT2D eigenvalue weighted by Crippen LogP contribution is -2.15. The number of carbonyl (C=O) groups excluding carboxylic acids is 1. The van der Waals surface area contributed by atoms with Gasteiger partial charge in [-0.05, 0) is 19.4 Å². The van der Waals surface area contributed by atoms with Crippen LogP contribution in [0.15, 0.2) is 0 Å². The van der Waals surface area contributed by atoms with Crippen LogP contribution in [0.5, 0.6) is 5.06 Å². The van der Waals surface area contributed by atoms with E-state index in [1.807, 2.05) is 13.8 Å². The molecule has 0 fully saturated rings. The third-order valence-corrected chi connectivity index (χ3v) is 3.18. The highest BCUT2D eigenvalue weighted by Crippen LogP contribution is 2.33. The molecule has 1 aromatic rings. The summed E-state index contributed by atoms with van der Waals surface area (Å²) < 4.78 is 4.81. The number of thiophene rings is 1. The van der Waals surface area contributed by atoms with Crippen molar-refractivity contribution in [1.82, 2.24) is 0 Å². The van der Waals surface area contributed by atoms with Gasteiger partial charge in [-0.15, -0.1) is 23.7 Å². The standard InChI is InChI=1S/C8H12N2O2S.ClH/c1-4-5(2)7(12-8(10)11)13-6(4)3-9;/h3,9H2,1-2H3,(H2,10,11);1H. The van der Waals surface area contributed by atoms with Gasteiger partial charge in [0.2, 0.25) is 0 Å². The van der Waals surface area contributed by atoms with Crippen LogP contribution >= 0.6 is 23.7 Å². The van der Waals surface area contributed by atoms with Gasteiger partial charge >= 0.3 is 6.09 Å². The molecule has 80 valence electrons. The van der Waals surface area contributed by atoms with E-state index in [0.717, 1.165) is 16.0 Å². The average molecular weight is 237 g/mol. The minimum absolute atomic E-state index is 0. The predicted octanol–water partition coefficient (Wildman–Crippen LogP) is 1.70. The van der Waals surface area contributed by atoms with Crippen molar-refractivity contribution in [2.45, 2.75) is 20.4 Å². The molecule has 0 saturated heterocycles. The molecule has 0 aliphatic heterocycles. The first-order valence-corrected chi connectivity index (χ1v) is 4.64. The van der Waals surface area contributed by atoms with Crippen LogP contribution in [0.2, 0.25) is 0 Å². The Kier molecular flexibility index (Phi) is 4.90. The molecule has 0 aliphatic rings. The van der Waals surface area contributed by atoms with Crippen LogP contribution in [0.4, 0.5) is 4.79 Å². The minimum atomic E-state index is -0.784. The summed E-state index contributed by atoms with van der Waals surface area (Å²) in [4.78, 5) is 11.5. The lowest BCUT2D eigenvalue weighted by atomic mass is 10.2. The fourth-order valence-electron chi connectivity index (χ4n) is 1.01. The smallest absolute Gasteiger partial charge is 0.399 e. The molecule has 1 rings (SSSR count). The largest absolute Gasteiger partial charge is 0.410 e. The Morgan fingerprint density at radius 2 is 2.00 bits per heavy atom. The van der Waals surface area contributed by atoms with Crippen molar-refractivity contribution in [3.63, 3.8) is 0 Å². The number of amides is 1.